The molecule has 1 aromatic rings. The lowest BCUT2D eigenvalue weighted by atomic mass is 9.44. The van der Waals surface area contributed by atoms with Gasteiger partial charge in [0, 0.05) is 24.7 Å². The first-order chi connectivity index (χ1) is 18.6. The number of ketones is 1. The van der Waals surface area contributed by atoms with Gasteiger partial charge < -0.3 is 39.7 Å². The molecule has 4 aliphatic rings. The predicted octanol–water partition coefficient (Wildman–Crippen LogP) is 0.0526. The van der Waals surface area contributed by atoms with Crippen molar-refractivity contribution in [1.29, 1.82) is 0 Å². The molecule has 5 rings (SSSR count). The number of aliphatic hydroxyl groups is 5. The largest absolute Gasteiger partial charge is 0.454 e. The zero-order chi connectivity index (χ0) is 29.6. The van der Waals surface area contributed by atoms with Crippen molar-refractivity contribution in [3.05, 3.63) is 47.0 Å². The van der Waals surface area contributed by atoms with Crippen LogP contribution in [0.25, 0.3) is 0 Å². The van der Waals surface area contributed by atoms with E-state index in [1.807, 2.05) is 0 Å². The van der Waals surface area contributed by atoms with E-state index in [1.54, 1.807) is 18.2 Å². The molecular formula is C29H36O11. The Labute approximate surface area is 231 Å². The number of ether oxygens (including phenoxy) is 3. The minimum atomic E-state index is -2.55. The second-order valence-corrected chi connectivity index (χ2v) is 12.3. The summed E-state index contributed by atoms with van der Waals surface area (Å²) in [7, 11) is 0. The molecule has 10 unspecified atom stereocenters. The quantitative estimate of drug-likeness (QED) is 0.249. The predicted molar refractivity (Wildman–Crippen MR) is 137 cm³/mol. The van der Waals surface area contributed by atoms with Gasteiger partial charge in [-0.2, -0.15) is 0 Å². The van der Waals surface area contributed by atoms with Crippen LogP contribution in [-0.2, 0) is 23.8 Å². The fraction of sp³-hybridized carbons (Fsp3) is 0.621. The molecule has 0 radical (unpaired) electrons. The average Bonchev–Trinajstić information content (AvgIpc) is 2.89. The average molecular weight is 561 g/mol. The van der Waals surface area contributed by atoms with Crippen LogP contribution in [0.4, 0.5) is 0 Å². The Balaban J connectivity index is 1.76. The van der Waals surface area contributed by atoms with E-state index in [9.17, 15) is 39.9 Å². The van der Waals surface area contributed by atoms with Crippen LogP contribution in [-0.4, -0.2) is 97.7 Å². The summed E-state index contributed by atoms with van der Waals surface area (Å²) < 4.78 is 17.1. The van der Waals surface area contributed by atoms with Crippen LogP contribution in [0, 0.1) is 16.7 Å². The van der Waals surface area contributed by atoms with Crippen molar-refractivity contribution in [2.45, 2.75) is 88.9 Å². The summed E-state index contributed by atoms with van der Waals surface area (Å²) in [5, 5.41) is 59.3. The van der Waals surface area contributed by atoms with Crippen LogP contribution in [0.2, 0.25) is 0 Å². The van der Waals surface area contributed by atoms with E-state index in [0.717, 1.165) is 6.92 Å². The molecule has 0 aromatic heterocycles. The summed E-state index contributed by atoms with van der Waals surface area (Å²) in [5.74, 6) is -4.02. The summed E-state index contributed by atoms with van der Waals surface area (Å²) in [4.78, 5) is 39.6. The molecule has 3 fully saturated rings. The van der Waals surface area contributed by atoms with Gasteiger partial charge >= 0.3 is 11.9 Å². The Morgan fingerprint density at radius 2 is 1.68 bits per heavy atom. The van der Waals surface area contributed by atoms with Gasteiger partial charge in [-0.05, 0) is 37.1 Å². The summed E-state index contributed by atoms with van der Waals surface area (Å²) in [5.41, 5.74) is -7.68. The number of carbonyl (C=O) groups is 3. The highest BCUT2D eigenvalue weighted by Crippen LogP contribution is 2.63. The van der Waals surface area contributed by atoms with E-state index < -0.39 is 82.3 Å². The molecule has 11 nitrogen and oxygen atoms in total. The fourth-order valence-corrected chi connectivity index (χ4v) is 7.80. The van der Waals surface area contributed by atoms with Crippen molar-refractivity contribution in [2.75, 3.05) is 6.61 Å². The molecule has 1 aromatic carbocycles. The molecule has 218 valence electrons. The number of fused-ring (bicyclic) bond motifs is 5. The molecule has 2 saturated carbocycles. The van der Waals surface area contributed by atoms with Gasteiger partial charge in [0.25, 0.3) is 0 Å². The highest BCUT2D eigenvalue weighted by Gasteiger charge is 2.78. The summed E-state index contributed by atoms with van der Waals surface area (Å²) in [6, 6.07) is 7.88. The lowest BCUT2D eigenvalue weighted by Gasteiger charge is -2.67. The van der Waals surface area contributed by atoms with Crippen LogP contribution in [0.15, 0.2) is 41.5 Å². The van der Waals surface area contributed by atoms with Crippen molar-refractivity contribution < 1.29 is 54.1 Å². The molecule has 0 spiro atoms. The first-order valence-corrected chi connectivity index (χ1v) is 13.3. The van der Waals surface area contributed by atoms with E-state index in [-0.39, 0.29) is 29.7 Å². The molecule has 0 amide bonds. The van der Waals surface area contributed by atoms with Crippen molar-refractivity contribution in [2.24, 2.45) is 16.7 Å². The summed E-state index contributed by atoms with van der Waals surface area (Å²) >= 11 is 0. The van der Waals surface area contributed by atoms with E-state index in [0.29, 0.717) is 0 Å². The molecule has 10 atom stereocenters. The van der Waals surface area contributed by atoms with Crippen molar-refractivity contribution in [3.8, 4) is 0 Å². The Morgan fingerprint density at radius 3 is 2.23 bits per heavy atom. The monoisotopic (exact) mass is 560 g/mol. The molecule has 1 saturated heterocycles. The lowest BCUT2D eigenvalue weighted by Crippen LogP contribution is -2.83. The highest BCUT2D eigenvalue weighted by atomic mass is 16.6. The molecule has 11 heteroatoms. The summed E-state index contributed by atoms with van der Waals surface area (Å²) in [6.07, 6.45) is -9.99. The molecule has 3 aliphatic carbocycles. The molecule has 5 N–H and O–H groups in total. The van der Waals surface area contributed by atoms with Crippen LogP contribution >= 0.6 is 0 Å². The van der Waals surface area contributed by atoms with Crippen molar-refractivity contribution in [3.63, 3.8) is 0 Å². The Hall–Kier alpha value is -2.67. The van der Waals surface area contributed by atoms with E-state index >= 15 is 0 Å². The number of esters is 2. The first-order valence-electron chi connectivity index (χ1n) is 13.3. The fourth-order valence-electron chi connectivity index (χ4n) is 7.80. The second-order valence-electron chi connectivity index (χ2n) is 12.3. The van der Waals surface area contributed by atoms with Gasteiger partial charge in [-0.15, -0.1) is 0 Å². The number of hydrogen-bond acceptors (Lipinski definition) is 11. The number of benzene rings is 1. The van der Waals surface area contributed by atoms with Crippen molar-refractivity contribution in [1.82, 2.24) is 0 Å². The van der Waals surface area contributed by atoms with E-state index in [1.165, 1.54) is 39.8 Å². The van der Waals surface area contributed by atoms with Gasteiger partial charge in [0.1, 0.15) is 23.9 Å². The van der Waals surface area contributed by atoms with Crippen molar-refractivity contribution >= 4 is 17.7 Å². The lowest BCUT2D eigenvalue weighted by molar-refractivity contribution is -0.352. The second kappa shape index (κ2) is 9.17. The molecule has 1 aliphatic heterocycles. The van der Waals surface area contributed by atoms with Gasteiger partial charge in [-0.1, -0.05) is 32.0 Å². The molecule has 1 heterocycles. The van der Waals surface area contributed by atoms with Gasteiger partial charge in [0.2, 0.25) is 0 Å². The van der Waals surface area contributed by atoms with Gasteiger partial charge in [0.15, 0.2) is 17.5 Å². The third-order valence-corrected chi connectivity index (χ3v) is 10.0. The third-order valence-electron chi connectivity index (χ3n) is 10.0. The highest BCUT2D eigenvalue weighted by molar-refractivity contribution is 5.93. The number of Topliss-reactive ketones (excluding diaryl/α,β-unsaturated/α-hetero) is 1. The van der Waals surface area contributed by atoms with Crippen LogP contribution < -0.4 is 0 Å². The SMILES string of the molecule is CC(=O)OC12COC1CC(O)C1(C)C(=O)C(O)C3=C(C)C(O)C(OC(=O)c4ccccc4)C(O)(C(O)C21)C3(C)C. The minimum absolute atomic E-state index is 0.0565. The van der Waals surface area contributed by atoms with Crippen LogP contribution in [0.1, 0.15) is 51.4 Å². The number of aliphatic hydroxyl groups excluding tert-OH is 4. The third kappa shape index (κ3) is 3.48. The first kappa shape index (κ1) is 28.8. The van der Waals surface area contributed by atoms with E-state index in [4.69, 9.17) is 14.2 Å². The van der Waals surface area contributed by atoms with Crippen LogP contribution in [0.3, 0.4) is 0 Å². The normalized spacial score (nSPS) is 43.9. The zero-order valence-electron chi connectivity index (χ0n) is 23.0. The standard InChI is InChI=1S/C29H36O11/c1-13-18-20(33)22(34)27(5)16(31)11-17-28(12-38-17,40-14(2)30)21(27)23(35)29(37,26(18,3)4)24(19(13)32)39-25(36)15-9-7-6-8-10-15/h6-10,16-17,19-21,23-24,31-33,35,37H,11-12H2,1-5H3. The minimum Gasteiger partial charge on any atom is -0.454 e. The van der Waals surface area contributed by atoms with Gasteiger partial charge in [-0.3, -0.25) is 9.59 Å². The Kier molecular flexibility index (Phi) is 6.61. The number of rotatable bonds is 3. The van der Waals surface area contributed by atoms with Gasteiger partial charge in [0.05, 0.1) is 29.8 Å². The topological polar surface area (TPSA) is 180 Å². The molecule has 2 bridgehead atoms. The molecular weight excluding hydrogens is 524 g/mol. The maximum Gasteiger partial charge on any atom is 0.338 e. The zero-order valence-corrected chi connectivity index (χ0v) is 23.0. The Bertz CT molecular complexity index is 1270. The number of carbonyl (C=O) groups excluding carboxylic acids is 3. The maximum absolute atomic E-state index is 14.1. The number of hydrogen-bond donors (Lipinski definition) is 5. The smallest absolute Gasteiger partial charge is 0.338 e. The van der Waals surface area contributed by atoms with Gasteiger partial charge in [-0.25, -0.2) is 4.79 Å². The van der Waals surface area contributed by atoms with E-state index in [2.05, 4.69) is 0 Å². The Morgan fingerprint density at radius 1 is 1.05 bits per heavy atom. The maximum atomic E-state index is 14.1. The summed E-state index contributed by atoms with van der Waals surface area (Å²) in [6.45, 7) is 6.63. The van der Waals surface area contributed by atoms with Crippen LogP contribution in [0.5, 0.6) is 0 Å². The molecule has 40 heavy (non-hydrogen) atoms.